The molecule has 0 aliphatic rings. The Morgan fingerprint density at radius 1 is 1.05 bits per heavy atom. The number of amides is 1. The molecule has 0 radical (unpaired) electrons. The fourth-order valence-electron chi connectivity index (χ4n) is 2.52. The van der Waals surface area contributed by atoms with E-state index in [-0.39, 0.29) is 5.91 Å². The first kappa shape index (κ1) is 15.9. The third-order valence-electron chi connectivity index (χ3n) is 3.64. The van der Waals surface area contributed by atoms with Gasteiger partial charge in [0.1, 0.15) is 11.5 Å². The molecule has 0 unspecified atom stereocenters. The number of hydrogen-bond donors (Lipinski definition) is 0. The van der Waals surface area contributed by atoms with E-state index in [1.807, 2.05) is 44.2 Å². The van der Waals surface area contributed by atoms with Gasteiger partial charge in [-0.15, -0.1) is 0 Å². The Bertz CT molecular complexity index is 653. The molecule has 1 amide bonds. The Kier molecular flexibility index (Phi) is 5.04. The minimum absolute atomic E-state index is 0.0868. The van der Waals surface area contributed by atoms with Crippen LogP contribution in [0.15, 0.2) is 42.5 Å². The second-order valence-corrected chi connectivity index (χ2v) is 4.86. The maximum Gasteiger partial charge on any atom is 0.262 e. The molecular formula is C18H21NO3. The molecule has 0 bridgehead atoms. The van der Waals surface area contributed by atoms with Crippen LogP contribution in [0.25, 0.3) is 0 Å². The number of carbonyl (C=O) groups excluding carboxylic acids is 1. The molecule has 0 atom stereocenters. The number of carbonyl (C=O) groups is 1. The first-order valence-corrected chi connectivity index (χ1v) is 7.22. The topological polar surface area (TPSA) is 38.8 Å². The molecule has 0 saturated carbocycles. The Balaban J connectivity index is 2.46. The van der Waals surface area contributed by atoms with Crippen molar-refractivity contribution in [3.63, 3.8) is 0 Å². The lowest BCUT2D eigenvalue weighted by Gasteiger charge is -2.23. The molecule has 0 aliphatic heterocycles. The Morgan fingerprint density at radius 3 is 2.27 bits per heavy atom. The van der Waals surface area contributed by atoms with Gasteiger partial charge >= 0.3 is 0 Å². The van der Waals surface area contributed by atoms with E-state index in [4.69, 9.17) is 9.47 Å². The average Bonchev–Trinajstić information content (AvgIpc) is 2.56. The van der Waals surface area contributed by atoms with E-state index < -0.39 is 0 Å². The van der Waals surface area contributed by atoms with Crippen molar-refractivity contribution in [3.05, 3.63) is 53.6 Å². The van der Waals surface area contributed by atoms with E-state index >= 15 is 0 Å². The lowest BCUT2D eigenvalue weighted by Crippen LogP contribution is -2.31. The molecule has 22 heavy (non-hydrogen) atoms. The second-order valence-electron chi connectivity index (χ2n) is 4.86. The third kappa shape index (κ3) is 2.91. The van der Waals surface area contributed by atoms with Gasteiger partial charge in [0.25, 0.3) is 5.91 Å². The van der Waals surface area contributed by atoms with Gasteiger partial charge < -0.3 is 14.4 Å². The number of anilines is 1. The van der Waals surface area contributed by atoms with Crippen LogP contribution in [-0.2, 0) is 0 Å². The van der Waals surface area contributed by atoms with Crippen molar-refractivity contribution in [3.8, 4) is 11.5 Å². The highest BCUT2D eigenvalue weighted by Crippen LogP contribution is 2.32. The van der Waals surface area contributed by atoms with Crippen LogP contribution in [0, 0.1) is 6.92 Å². The van der Waals surface area contributed by atoms with Crippen LogP contribution in [0.5, 0.6) is 11.5 Å². The van der Waals surface area contributed by atoms with E-state index in [1.165, 1.54) is 0 Å². The highest BCUT2D eigenvalue weighted by molar-refractivity contribution is 6.08. The number of rotatable bonds is 5. The summed E-state index contributed by atoms with van der Waals surface area (Å²) in [5.74, 6) is 1.17. The zero-order valence-corrected chi connectivity index (χ0v) is 13.4. The van der Waals surface area contributed by atoms with Crippen molar-refractivity contribution in [1.29, 1.82) is 0 Å². The van der Waals surface area contributed by atoms with Gasteiger partial charge in [0.05, 0.1) is 19.8 Å². The summed E-state index contributed by atoms with van der Waals surface area (Å²) in [5.41, 5.74) is 2.22. The van der Waals surface area contributed by atoms with E-state index in [0.717, 1.165) is 11.3 Å². The van der Waals surface area contributed by atoms with Crippen LogP contribution in [0.1, 0.15) is 22.8 Å². The van der Waals surface area contributed by atoms with Crippen molar-refractivity contribution in [2.75, 3.05) is 25.7 Å². The number of para-hydroxylation sites is 1. The Hall–Kier alpha value is -2.49. The van der Waals surface area contributed by atoms with Crippen LogP contribution < -0.4 is 14.4 Å². The van der Waals surface area contributed by atoms with Gasteiger partial charge in [-0.25, -0.2) is 0 Å². The van der Waals surface area contributed by atoms with E-state index in [9.17, 15) is 4.79 Å². The monoisotopic (exact) mass is 299 g/mol. The van der Waals surface area contributed by atoms with Gasteiger partial charge in [0, 0.05) is 17.8 Å². The highest BCUT2D eigenvalue weighted by Gasteiger charge is 2.22. The molecule has 4 heteroatoms. The summed E-state index contributed by atoms with van der Waals surface area (Å²) < 4.78 is 10.7. The Morgan fingerprint density at radius 2 is 1.73 bits per heavy atom. The molecule has 0 N–H and O–H groups in total. The fourth-order valence-corrected chi connectivity index (χ4v) is 2.52. The van der Waals surface area contributed by atoms with Gasteiger partial charge in [-0.3, -0.25) is 4.79 Å². The van der Waals surface area contributed by atoms with Crippen LogP contribution in [0.4, 0.5) is 5.69 Å². The number of hydrogen-bond acceptors (Lipinski definition) is 3. The maximum atomic E-state index is 12.9. The number of ether oxygens (including phenoxy) is 2. The average molecular weight is 299 g/mol. The van der Waals surface area contributed by atoms with E-state index in [2.05, 4.69) is 0 Å². The predicted octanol–water partition coefficient (Wildman–Crippen LogP) is 3.68. The van der Waals surface area contributed by atoms with Crippen LogP contribution in [0.3, 0.4) is 0 Å². The maximum absolute atomic E-state index is 12.9. The molecule has 0 fully saturated rings. The lowest BCUT2D eigenvalue weighted by molar-refractivity contribution is 0.0985. The van der Waals surface area contributed by atoms with Gasteiger partial charge in [0.2, 0.25) is 0 Å². The molecule has 0 saturated heterocycles. The fraction of sp³-hybridized carbons (Fsp3) is 0.278. The van der Waals surface area contributed by atoms with Crippen molar-refractivity contribution < 1.29 is 14.3 Å². The second kappa shape index (κ2) is 6.98. The predicted molar refractivity (Wildman–Crippen MR) is 88.1 cm³/mol. The molecule has 2 rings (SSSR count). The van der Waals surface area contributed by atoms with E-state index in [0.29, 0.717) is 23.6 Å². The molecule has 0 aliphatic carbocycles. The van der Waals surface area contributed by atoms with Crippen molar-refractivity contribution >= 4 is 11.6 Å². The first-order valence-electron chi connectivity index (χ1n) is 7.22. The quantitative estimate of drug-likeness (QED) is 0.845. The molecule has 4 nitrogen and oxygen atoms in total. The Labute approximate surface area is 131 Å². The van der Waals surface area contributed by atoms with Gasteiger partial charge in [-0.2, -0.15) is 0 Å². The number of nitrogens with zero attached hydrogens (tertiary/aromatic N) is 1. The minimum atomic E-state index is -0.0868. The summed E-state index contributed by atoms with van der Waals surface area (Å²) in [5, 5.41) is 0. The van der Waals surface area contributed by atoms with Crippen molar-refractivity contribution in [1.82, 2.24) is 0 Å². The summed E-state index contributed by atoms with van der Waals surface area (Å²) >= 11 is 0. The van der Waals surface area contributed by atoms with Gasteiger partial charge in [0.15, 0.2) is 0 Å². The molecule has 2 aromatic rings. The lowest BCUT2D eigenvalue weighted by atomic mass is 10.1. The van der Waals surface area contributed by atoms with Gasteiger partial charge in [-0.1, -0.05) is 18.2 Å². The molecular weight excluding hydrogens is 278 g/mol. The normalized spacial score (nSPS) is 10.2. The third-order valence-corrected chi connectivity index (χ3v) is 3.64. The first-order chi connectivity index (χ1) is 10.6. The SMILES string of the molecule is CCN(C(=O)c1ccc(OC)c(C)c1OC)c1ccccc1. The molecule has 2 aromatic carbocycles. The van der Waals surface area contributed by atoms with Crippen LogP contribution in [0.2, 0.25) is 0 Å². The summed E-state index contributed by atoms with van der Waals surface area (Å²) in [7, 11) is 3.17. The number of benzene rings is 2. The molecule has 0 spiro atoms. The molecule has 0 aromatic heterocycles. The smallest absolute Gasteiger partial charge is 0.262 e. The zero-order chi connectivity index (χ0) is 16.1. The van der Waals surface area contributed by atoms with Crippen molar-refractivity contribution in [2.45, 2.75) is 13.8 Å². The molecule has 0 heterocycles. The largest absolute Gasteiger partial charge is 0.496 e. The van der Waals surface area contributed by atoms with Gasteiger partial charge in [-0.05, 0) is 38.1 Å². The summed E-state index contributed by atoms with van der Waals surface area (Å²) in [4.78, 5) is 14.6. The van der Waals surface area contributed by atoms with Crippen LogP contribution in [-0.4, -0.2) is 26.7 Å². The summed E-state index contributed by atoms with van der Waals surface area (Å²) in [6, 6.07) is 13.2. The van der Waals surface area contributed by atoms with Crippen LogP contribution >= 0.6 is 0 Å². The number of methoxy groups -OCH3 is 2. The summed E-state index contributed by atoms with van der Waals surface area (Å²) in [6.45, 7) is 4.41. The molecule has 116 valence electrons. The highest BCUT2D eigenvalue weighted by atomic mass is 16.5. The summed E-state index contributed by atoms with van der Waals surface area (Å²) in [6.07, 6.45) is 0. The van der Waals surface area contributed by atoms with Crippen molar-refractivity contribution in [2.24, 2.45) is 0 Å². The van der Waals surface area contributed by atoms with E-state index in [1.54, 1.807) is 31.3 Å². The standard InChI is InChI=1S/C18H21NO3/c1-5-19(14-9-7-6-8-10-14)18(20)15-11-12-16(21-3)13(2)17(15)22-4/h6-12H,5H2,1-4H3. The minimum Gasteiger partial charge on any atom is -0.496 e. The zero-order valence-electron chi connectivity index (χ0n) is 13.4.